The molecular formula is C15H26IN2O4S. The highest BCUT2D eigenvalue weighted by atomic mass is 127. The van der Waals surface area contributed by atoms with Gasteiger partial charge >= 0.3 is 5.97 Å². The van der Waals surface area contributed by atoms with Crippen molar-refractivity contribution in [2.75, 3.05) is 13.2 Å². The number of ether oxygens (including phenoxy) is 2. The van der Waals surface area contributed by atoms with Crippen molar-refractivity contribution in [1.82, 2.24) is 10.4 Å². The van der Waals surface area contributed by atoms with Crippen molar-refractivity contribution < 1.29 is 19.5 Å². The average Bonchev–Trinajstić information content (AvgIpc) is 2.39. The number of nitrogens with zero attached hydrogens (tertiary/aromatic N) is 1. The fourth-order valence-electron chi connectivity index (χ4n) is 2.97. The Hall–Kier alpha value is -0.190. The summed E-state index contributed by atoms with van der Waals surface area (Å²) in [7, 11) is 0. The van der Waals surface area contributed by atoms with Crippen molar-refractivity contribution in [3.63, 3.8) is 0 Å². The van der Waals surface area contributed by atoms with Crippen LogP contribution in [-0.2, 0) is 19.5 Å². The Kier molecular flexibility index (Phi) is 7.49. The Morgan fingerprint density at radius 1 is 1.26 bits per heavy atom. The van der Waals surface area contributed by atoms with Gasteiger partial charge in [-0.15, -0.1) is 10.3 Å². The van der Waals surface area contributed by atoms with Gasteiger partial charge in [-0.2, -0.15) is 0 Å². The predicted molar refractivity (Wildman–Crippen MR) is 99.8 cm³/mol. The van der Waals surface area contributed by atoms with Crippen LogP contribution >= 0.6 is 34.8 Å². The molecule has 0 saturated carbocycles. The molecule has 1 radical (unpaired) electrons. The number of hydrogen-bond donors (Lipinski definition) is 1. The number of carbonyl (C=O) groups excluding carboxylic acids is 1. The second-order valence-corrected chi connectivity index (χ2v) is 9.33. The molecule has 1 aliphatic rings. The van der Waals surface area contributed by atoms with Crippen LogP contribution in [0.15, 0.2) is 0 Å². The maximum atomic E-state index is 12.3. The minimum atomic E-state index is -0.457. The van der Waals surface area contributed by atoms with Crippen LogP contribution in [0, 0.1) is 0 Å². The van der Waals surface area contributed by atoms with E-state index >= 15 is 0 Å². The first-order valence-corrected chi connectivity index (χ1v) is 9.32. The van der Waals surface area contributed by atoms with Crippen LogP contribution < -0.4 is 5.32 Å². The number of alkyl halides is 1. The minimum Gasteiger partial charge on any atom is -0.467 e. The molecule has 1 saturated heterocycles. The summed E-state index contributed by atoms with van der Waals surface area (Å²) in [6.07, 6.45) is 1.37. The van der Waals surface area contributed by atoms with Crippen molar-refractivity contribution in [2.24, 2.45) is 0 Å². The predicted octanol–water partition coefficient (Wildman–Crippen LogP) is 2.61. The van der Waals surface area contributed by atoms with Gasteiger partial charge in [0.25, 0.3) is 5.17 Å². The Morgan fingerprint density at radius 2 is 1.74 bits per heavy atom. The van der Waals surface area contributed by atoms with E-state index in [0.717, 1.165) is 0 Å². The van der Waals surface area contributed by atoms with Crippen LogP contribution in [0.3, 0.4) is 0 Å². The molecule has 1 aliphatic heterocycles. The number of halogens is 1. The molecule has 0 aliphatic carbocycles. The third-order valence-electron chi connectivity index (χ3n) is 3.80. The van der Waals surface area contributed by atoms with Crippen molar-refractivity contribution in [2.45, 2.75) is 68.5 Å². The second-order valence-electron chi connectivity index (χ2n) is 7.09. The van der Waals surface area contributed by atoms with Gasteiger partial charge in [0.05, 0.1) is 0 Å². The quantitative estimate of drug-likeness (QED) is 0.225. The molecule has 23 heavy (non-hydrogen) atoms. The largest absolute Gasteiger partial charge is 0.467 e. The van der Waals surface area contributed by atoms with Gasteiger partial charge in [0.2, 0.25) is 0 Å². The lowest BCUT2D eigenvalue weighted by molar-refractivity contribution is -0.289. The average molecular weight is 457 g/mol. The molecule has 133 valence electrons. The first-order valence-electron chi connectivity index (χ1n) is 7.67. The molecule has 1 unspecified atom stereocenters. The summed E-state index contributed by atoms with van der Waals surface area (Å²) < 4.78 is 10.2. The van der Waals surface area contributed by atoms with Crippen LogP contribution in [0.4, 0.5) is 0 Å². The highest BCUT2D eigenvalue weighted by Gasteiger charge is 2.46. The Bertz CT molecular complexity index is 425. The van der Waals surface area contributed by atoms with E-state index < -0.39 is 11.1 Å². The van der Waals surface area contributed by atoms with E-state index in [-0.39, 0.29) is 34.3 Å². The number of hydroxylamine groups is 2. The first-order chi connectivity index (χ1) is 10.5. The normalized spacial score (nSPS) is 22.2. The number of hydrogen-bond acceptors (Lipinski definition) is 5. The standard InChI is InChI=1S/C15H26IN2O4S/c1-10(16)12(19)21-6-7-22-13(23)17-11-8-14(2,3)18(20)15(4,5)9-11/h10-11H,6-9H2,1-5H3,(H,17,23). The summed E-state index contributed by atoms with van der Waals surface area (Å²) in [6.45, 7) is 9.89. The summed E-state index contributed by atoms with van der Waals surface area (Å²) in [6, 6.07) is 0.0784. The monoisotopic (exact) mass is 457 g/mol. The zero-order valence-electron chi connectivity index (χ0n) is 14.3. The van der Waals surface area contributed by atoms with Gasteiger partial charge in [0.15, 0.2) is 0 Å². The lowest BCUT2D eigenvalue weighted by atomic mass is 9.79. The van der Waals surface area contributed by atoms with Crippen molar-refractivity contribution in [3.05, 3.63) is 0 Å². The molecule has 1 heterocycles. The lowest BCUT2D eigenvalue weighted by Crippen LogP contribution is -2.62. The molecule has 0 bridgehead atoms. The van der Waals surface area contributed by atoms with E-state index in [2.05, 4.69) is 5.32 Å². The summed E-state index contributed by atoms with van der Waals surface area (Å²) >= 11 is 7.17. The number of rotatable bonds is 5. The van der Waals surface area contributed by atoms with E-state index in [0.29, 0.717) is 12.8 Å². The SMILES string of the molecule is CC(I)C(=O)OCCOC(=S)NC1CC(C)(C)N([O])C(C)(C)C1. The number of esters is 1. The van der Waals surface area contributed by atoms with Crippen LogP contribution in [0.1, 0.15) is 47.5 Å². The zero-order chi connectivity index (χ0) is 17.8. The zero-order valence-corrected chi connectivity index (χ0v) is 17.3. The van der Waals surface area contributed by atoms with Gasteiger partial charge in [-0.3, -0.25) is 4.79 Å². The van der Waals surface area contributed by atoms with Crippen molar-refractivity contribution in [1.29, 1.82) is 0 Å². The van der Waals surface area contributed by atoms with E-state index in [1.54, 1.807) is 6.92 Å². The highest BCUT2D eigenvalue weighted by Crippen LogP contribution is 2.36. The number of thiocarbonyl (C=S) groups is 1. The molecule has 0 aromatic carbocycles. The molecule has 0 amide bonds. The minimum absolute atomic E-state index is 0.0784. The van der Waals surface area contributed by atoms with Crippen molar-refractivity contribution >= 4 is 46.0 Å². The van der Waals surface area contributed by atoms with Crippen LogP contribution in [-0.4, -0.2) is 50.5 Å². The third-order valence-corrected chi connectivity index (χ3v) is 4.54. The van der Waals surface area contributed by atoms with E-state index in [1.807, 2.05) is 50.3 Å². The third kappa shape index (κ3) is 6.32. The fraction of sp³-hybridized carbons (Fsp3) is 0.867. The van der Waals surface area contributed by atoms with E-state index in [9.17, 15) is 10.0 Å². The molecule has 1 fully saturated rings. The van der Waals surface area contributed by atoms with E-state index in [4.69, 9.17) is 21.7 Å². The molecule has 6 nitrogen and oxygen atoms in total. The Balaban J connectivity index is 2.38. The molecule has 0 aromatic rings. The number of carbonyl (C=O) groups is 1. The van der Waals surface area contributed by atoms with Crippen LogP contribution in [0.25, 0.3) is 0 Å². The van der Waals surface area contributed by atoms with Crippen LogP contribution in [0.5, 0.6) is 0 Å². The maximum absolute atomic E-state index is 12.3. The van der Waals surface area contributed by atoms with Gasteiger partial charge in [0, 0.05) is 17.1 Å². The van der Waals surface area contributed by atoms with Gasteiger partial charge in [-0.1, -0.05) is 22.6 Å². The summed E-state index contributed by atoms with van der Waals surface area (Å²) in [5, 5.41) is 16.9. The smallest absolute Gasteiger partial charge is 0.318 e. The summed E-state index contributed by atoms with van der Waals surface area (Å²) in [4.78, 5) is 11.3. The summed E-state index contributed by atoms with van der Waals surface area (Å²) in [5.74, 6) is -0.264. The van der Waals surface area contributed by atoms with Crippen LogP contribution in [0.2, 0.25) is 0 Å². The fourth-order valence-corrected chi connectivity index (χ4v) is 3.39. The molecule has 0 aromatic heterocycles. The molecule has 1 N–H and O–H groups in total. The van der Waals surface area contributed by atoms with Crippen molar-refractivity contribution in [3.8, 4) is 0 Å². The number of nitrogens with one attached hydrogen (secondary N) is 1. The summed E-state index contributed by atoms with van der Waals surface area (Å²) in [5.41, 5.74) is -0.915. The highest BCUT2D eigenvalue weighted by molar-refractivity contribution is 14.1. The Labute approximate surface area is 157 Å². The number of piperidine rings is 1. The van der Waals surface area contributed by atoms with Gasteiger partial charge < -0.3 is 14.8 Å². The molecule has 1 atom stereocenters. The lowest BCUT2D eigenvalue weighted by Gasteiger charge is -2.50. The molecule has 0 spiro atoms. The first kappa shape index (κ1) is 20.9. The van der Waals surface area contributed by atoms with Gasteiger partial charge in [-0.05, 0) is 59.7 Å². The molecule has 8 heteroatoms. The van der Waals surface area contributed by atoms with Gasteiger partial charge in [0.1, 0.15) is 17.1 Å². The topological polar surface area (TPSA) is 70.7 Å². The van der Waals surface area contributed by atoms with E-state index in [1.165, 1.54) is 5.06 Å². The maximum Gasteiger partial charge on any atom is 0.318 e. The molecule has 1 rings (SSSR count). The Morgan fingerprint density at radius 3 is 2.22 bits per heavy atom. The second kappa shape index (κ2) is 8.26. The van der Waals surface area contributed by atoms with Gasteiger partial charge in [-0.25, -0.2) is 0 Å². The molecular weight excluding hydrogens is 431 g/mol.